The molecule has 0 aliphatic heterocycles. The molecular formula is C6H13N5O. The highest BCUT2D eigenvalue weighted by Gasteiger charge is 2.00. The molecule has 6 heteroatoms. The summed E-state index contributed by atoms with van der Waals surface area (Å²) in [4.78, 5) is 0. The van der Waals surface area contributed by atoms with Crippen LogP contribution in [0.5, 0.6) is 0 Å². The minimum Gasteiger partial charge on any atom is -0.393 e. The zero-order valence-electron chi connectivity index (χ0n) is 7.23. The van der Waals surface area contributed by atoms with Crippen LogP contribution in [-0.4, -0.2) is 38.0 Å². The van der Waals surface area contributed by atoms with Crippen LogP contribution in [0, 0.1) is 0 Å². The molecular weight excluding hydrogens is 158 g/mol. The molecule has 0 radical (unpaired) electrons. The Kier molecular flexibility index (Phi) is 2.98. The third-order valence-electron chi connectivity index (χ3n) is 1.47. The van der Waals surface area contributed by atoms with Crippen molar-refractivity contribution in [2.75, 3.05) is 11.9 Å². The summed E-state index contributed by atoms with van der Waals surface area (Å²) < 4.78 is 1.54. The molecule has 0 saturated carbocycles. The monoisotopic (exact) mass is 171 g/mol. The molecule has 1 aromatic heterocycles. The maximum atomic E-state index is 8.95. The minimum absolute atomic E-state index is 0.293. The van der Waals surface area contributed by atoms with E-state index in [0.717, 1.165) is 0 Å². The number of tetrazole rings is 1. The summed E-state index contributed by atoms with van der Waals surface area (Å²) in [5.74, 6) is 0.621. The van der Waals surface area contributed by atoms with Crippen molar-refractivity contribution in [3.05, 3.63) is 0 Å². The van der Waals surface area contributed by atoms with Crippen molar-refractivity contribution in [1.29, 1.82) is 0 Å². The van der Waals surface area contributed by atoms with Gasteiger partial charge in [0.25, 0.3) is 0 Å². The molecule has 0 saturated heterocycles. The van der Waals surface area contributed by atoms with E-state index in [1.54, 1.807) is 18.7 Å². The second kappa shape index (κ2) is 4.01. The third kappa shape index (κ3) is 2.46. The number of aliphatic hydroxyl groups is 1. The lowest BCUT2D eigenvalue weighted by atomic mass is 10.3. The number of anilines is 1. The first-order valence-corrected chi connectivity index (χ1v) is 3.84. The van der Waals surface area contributed by atoms with E-state index in [-0.39, 0.29) is 6.10 Å². The molecule has 1 unspecified atom stereocenters. The molecule has 0 bridgehead atoms. The standard InChI is InChI=1S/C6H13N5O/c1-5(12)3-4-7-6-8-9-10-11(6)2/h5,12H,3-4H2,1-2H3,(H,7,8,10). The SMILES string of the molecule is CC(O)CCNc1nnnn1C. The lowest BCUT2D eigenvalue weighted by molar-refractivity contribution is 0.188. The molecule has 0 aromatic carbocycles. The van der Waals surface area contributed by atoms with E-state index in [9.17, 15) is 0 Å². The van der Waals surface area contributed by atoms with Gasteiger partial charge in [0.15, 0.2) is 0 Å². The molecule has 0 amide bonds. The molecule has 1 aromatic rings. The molecule has 1 atom stereocenters. The fourth-order valence-electron chi connectivity index (χ4n) is 0.772. The Bertz CT molecular complexity index is 234. The van der Waals surface area contributed by atoms with Gasteiger partial charge in [0, 0.05) is 13.6 Å². The van der Waals surface area contributed by atoms with E-state index in [4.69, 9.17) is 5.11 Å². The van der Waals surface area contributed by atoms with Gasteiger partial charge in [-0.15, -0.1) is 0 Å². The van der Waals surface area contributed by atoms with Crippen LogP contribution < -0.4 is 5.32 Å². The van der Waals surface area contributed by atoms with Crippen LogP contribution in [0.2, 0.25) is 0 Å². The number of nitrogens with one attached hydrogen (secondary N) is 1. The summed E-state index contributed by atoms with van der Waals surface area (Å²) in [6.07, 6.45) is 0.394. The topological polar surface area (TPSA) is 75.9 Å². The number of aromatic nitrogens is 4. The fourth-order valence-corrected chi connectivity index (χ4v) is 0.772. The molecule has 0 aliphatic carbocycles. The summed E-state index contributed by atoms with van der Waals surface area (Å²) in [5.41, 5.74) is 0. The molecule has 0 aliphatic rings. The largest absolute Gasteiger partial charge is 0.393 e. The number of nitrogens with zero attached hydrogens (tertiary/aromatic N) is 4. The Morgan fingerprint density at radius 3 is 2.92 bits per heavy atom. The van der Waals surface area contributed by atoms with E-state index in [2.05, 4.69) is 20.8 Å². The number of aliphatic hydroxyl groups excluding tert-OH is 1. The normalized spacial score (nSPS) is 12.9. The number of rotatable bonds is 4. The Morgan fingerprint density at radius 1 is 1.67 bits per heavy atom. The fraction of sp³-hybridized carbons (Fsp3) is 0.833. The van der Waals surface area contributed by atoms with Crippen LogP contribution in [0.3, 0.4) is 0 Å². The first-order valence-electron chi connectivity index (χ1n) is 3.84. The molecule has 6 nitrogen and oxygen atoms in total. The molecule has 0 spiro atoms. The van der Waals surface area contributed by atoms with Crippen molar-refractivity contribution in [2.45, 2.75) is 19.4 Å². The minimum atomic E-state index is -0.293. The molecule has 12 heavy (non-hydrogen) atoms. The van der Waals surface area contributed by atoms with Crippen molar-refractivity contribution in [1.82, 2.24) is 20.2 Å². The van der Waals surface area contributed by atoms with Gasteiger partial charge >= 0.3 is 0 Å². The average Bonchev–Trinajstić information content (AvgIpc) is 2.36. The van der Waals surface area contributed by atoms with Crippen LogP contribution in [-0.2, 0) is 7.05 Å². The molecule has 68 valence electrons. The zero-order chi connectivity index (χ0) is 8.97. The summed E-state index contributed by atoms with van der Waals surface area (Å²) in [7, 11) is 1.75. The number of hydrogen-bond donors (Lipinski definition) is 2. The van der Waals surface area contributed by atoms with Gasteiger partial charge in [0.2, 0.25) is 5.95 Å². The Labute approximate surface area is 70.6 Å². The van der Waals surface area contributed by atoms with Gasteiger partial charge < -0.3 is 10.4 Å². The highest BCUT2D eigenvalue weighted by atomic mass is 16.3. The summed E-state index contributed by atoms with van der Waals surface area (Å²) in [6, 6.07) is 0. The van der Waals surface area contributed by atoms with Crippen LogP contribution in [0.25, 0.3) is 0 Å². The predicted molar refractivity (Wildman–Crippen MR) is 43.6 cm³/mol. The maximum Gasteiger partial charge on any atom is 0.242 e. The summed E-state index contributed by atoms with van der Waals surface area (Å²) in [6.45, 7) is 2.42. The van der Waals surface area contributed by atoms with Crippen LogP contribution in [0.1, 0.15) is 13.3 Å². The van der Waals surface area contributed by atoms with Crippen molar-refractivity contribution in [2.24, 2.45) is 7.05 Å². The smallest absolute Gasteiger partial charge is 0.242 e. The van der Waals surface area contributed by atoms with Crippen molar-refractivity contribution < 1.29 is 5.11 Å². The molecule has 2 N–H and O–H groups in total. The third-order valence-corrected chi connectivity index (χ3v) is 1.47. The second-order valence-corrected chi connectivity index (χ2v) is 2.69. The van der Waals surface area contributed by atoms with Gasteiger partial charge in [0.1, 0.15) is 0 Å². The van der Waals surface area contributed by atoms with Gasteiger partial charge in [-0.25, -0.2) is 4.68 Å². The molecule has 0 fully saturated rings. The van der Waals surface area contributed by atoms with Gasteiger partial charge in [-0.1, -0.05) is 5.10 Å². The van der Waals surface area contributed by atoms with Gasteiger partial charge in [0.05, 0.1) is 6.10 Å². The van der Waals surface area contributed by atoms with Crippen LogP contribution >= 0.6 is 0 Å². The Balaban J connectivity index is 2.29. The van der Waals surface area contributed by atoms with Gasteiger partial charge in [-0.05, 0) is 23.8 Å². The van der Waals surface area contributed by atoms with E-state index < -0.39 is 0 Å². The van der Waals surface area contributed by atoms with E-state index in [1.165, 1.54) is 0 Å². The summed E-state index contributed by atoms with van der Waals surface area (Å²) >= 11 is 0. The first kappa shape index (κ1) is 8.92. The summed E-state index contributed by atoms with van der Waals surface area (Å²) in [5, 5.41) is 22.8. The first-order chi connectivity index (χ1) is 5.70. The van der Waals surface area contributed by atoms with Crippen molar-refractivity contribution >= 4 is 5.95 Å². The maximum absolute atomic E-state index is 8.95. The number of aryl methyl sites for hydroxylation is 1. The van der Waals surface area contributed by atoms with E-state index in [0.29, 0.717) is 18.9 Å². The van der Waals surface area contributed by atoms with Crippen molar-refractivity contribution in [3.8, 4) is 0 Å². The molecule has 1 rings (SSSR count). The Hall–Kier alpha value is -1.17. The quantitative estimate of drug-likeness (QED) is 0.632. The second-order valence-electron chi connectivity index (χ2n) is 2.69. The van der Waals surface area contributed by atoms with Crippen LogP contribution in [0.15, 0.2) is 0 Å². The highest BCUT2D eigenvalue weighted by molar-refractivity contribution is 5.20. The highest BCUT2D eigenvalue weighted by Crippen LogP contribution is 1.96. The van der Waals surface area contributed by atoms with Crippen LogP contribution in [0.4, 0.5) is 5.95 Å². The lowest BCUT2D eigenvalue weighted by Crippen LogP contribution is -2.12. The molecule has 1 heterocycles. The van der Waals surface area contributed by atoms with E-state index >= 15 is 0 Å². The van der Waals surface area contributed by atoms with Crippen molar-refractivity contribution in [3.63, 3.8) is 0 Å². The van der Waals surface area contributed by atoms with E-state index in [1.807, 2.05) is 0 Å². The number of hydrogen-bond acceptors (Lipinski definition) is 5. The zero-order valence-corrected chi connectivity index (χ0v) is 7.23. The predicted octanol–water partition coefficient (Wildman–Crippen LogP) is -0.607. The average molecular weight is 171 g/mol. The van der Waals surface area contributed by atoms with Gasteiger partial charge in [-0.3, -0.25) is 0 Å². The lowest BCUT2D eigenvalue weighted by Gasteiger charge is -2.04. The van der Waals surface area contributed by atoms with Gasteiger partial charge in [-0.2, -0.15) is 0 Å². The Morgan fingerprint density at radius 2 is 2.42 bits per heavy atom.